The Bertz CT molecular complexity index is 397. The summed E-state index contributed by atoms with van der Waals surface area (Å²) in [6.07, 6.45) is 5.33. The van der Waals surface area contributed by atoms with Crippen LogP contribution in [0.3, 0.4) is 0 Å². The molecular formula is C13H22N4S. The zero-order chi connectivity index (χ0) is 12.5. The molecule has 0 N–H and O–H groups in total. The third kappa shape index (κ3) is 2.38. The van der Waals surface area contributed by atoms with Gasteiger partial charge in [0.25, 0.3) is 0 Å². The molecule has 0 saturated carbocycles. The van der Waals surface area contributed by atoms with Crippen molar-refractivity contribution in [1.29, 1.82) is 0 Å². The summed E-state index contributed by atoms with van der Waals surface area (Å²) >= 11 is 1.72. The molecule has 3 rings (SSSR count). The van der Waals surface area contributed by atoms with Gasteiger partial charge in [-0.15, -0.1) is 10.2 Å². The van der Waals surface area contributed by atoms with Crippen LogP contribution in [-0.4, -0.2) is 46.8 Å². The summed E-state index contributed by atoms with van der Waals surface area (Å²) in [6, 6.07) is 1.60. The predicted octanol–water partition coefficient (Wildman–Crippen LogP) is 2.30. The van der Waals surface area contributed by atoms with Gasteiger partial charge in [0, 0.05) is 25.2 Å². The van der Waals surface area contributed by atoms with Crippen molar-refractivity contribution in [2.45, 2.75) is 51.6 Å². The number of hydrogen-bond acceptors (Lipinski definition) is 5. The molecule has 1 unspecified atom stereocenters. The highest BCUT2D eigenvalue weighted by Crippen LogP contribution is 2.28. The normalized spacial score (nSPS) is 27.0. The third-order valence-electron chi connectivity index (χ3n) is 4.32. The van der Waals surface area contributed by atoms with Gasteiger partial charge in [-0.1, -0.05) is 11.3 Å². The molecule has 100 valence electrons. The molecule has 0 amide bonds. The van der Waals surface area contributed by atoms with Crippen molar-refractivity contribution in [3.63, 3.8) is 0 Å². The molecular weight excluding hydrogens is 244 g/mol. The second-order valence-electron chi connectivity index (χ2n) is 5.55. The van der Waals surface area contributed by atoms with E-state index in [1.54, 1.807) is 11.3 Å². The lowest BCUT2D eigenvalue weighted by Gasteiger charge is -2.38. The number of nitrogens with zero attached hydrogens (tertiary/aromatic N) is 4. The van der Waals surface area contributed by atoms with Crippen molar-refractivity contribution in [3.05, 3.63) is 5.01 Å². The van der Waals surface area contributed by atoms with E-state index in [-0.39, 0.29) is 0 Å². The lowest BCUT2D eigenvalue weighted by molar-refractivity contribution is 0.163. The maximum absolute atomic E-state index is 4.26. The van der Waals surface area contributed by atoms with E-state index >= 15 is 0 Å². The van der Waals surface area contributed by atoms with Crippen molar-refractivity contribution < 1.29 is 0 Å². The van der Waals surface area contributed by atoms with Crippen molar-refractivity contribution in [3.8, 4) is 0 Å². The van der Waals surface area contributed by atoms with Crippen LogP contribution in [0.4, 0.5) is 5.13 Å². The highest BCUT2D eigenvalue weighted by Gasteiger charge is 2.31. The minimum absolute atomic E-state index is 0.797. The van der Waals surface area contributed by atoms with Crippen LogP contribution in [0.15, 0.2) is 0 Å². The van der Waals surface area contributed by atoms with Gasteiger partial charge in [0.15, 0.2) is 0 Å². The van der Waals surface area contributed by atoms with E-state index in [4.69, 9.17) is 0 Å². The zero-order valence-electron chi connectivity index (χ0n) is 11.3. The smallest absolute Gasteiger partial charge is 0.208 e. The average molecular weight is 266 g/mol. The van der Waals surface area contributed by atoms with Gasteiger partial charge < -0.3 is 4.90 Å². The summed E-state index contributed by atoms with van der Waals surface area (Å²) in [5, 5.41) is 10.6. The Hall–Kier alpha value is -0.680. The van der Waals surface area contributed by atoms with E-state index in [0.717, 1.165) is 35.3 Å². The molecule has 0 aliphatic carbocycles. The third-order valence-corrected chi connectivity index (χ3v) is 5.22. The van der Waals surface area contributed by atoms with E-state index in [1.165, 1.54) is 32.2 Å². The van der Waals surface area contributed by atoms with Gasteiger partial charge in [0.1, 0.15) is 5.01 Å². The highest BCUT2D eigenvalue weighted by atomic mass is 32.1. The molecule has 3 heterocycles. The van der Waals surface area contributed by atoms with Crippen LogP contribution in [0.25, 0.3) is 0 Å². The molecule has 0 spiro atoms. The van der Waals surface area contributed by atoms with Gasteiger partial charge in [0.05, 0.1) is 0 Å². The first kappa shape index (κ1) is 12.4. The van der Waals surface area contributed by atoms with E-state index in [0.29, 0.717) is 0 Å². The molecule has 0 aromatic carbocycles. The summed E-state index contributed by atoms with van der Waals surface area (Å²) in [7, 11) is 0. The van der Waals surface area contributed by atoms with Crippen LogP contribution in [-0.2, 0) is 0 Å². The average Bonchev–Trinajstić information content (AvgIpc) is 2.98. The van der Waals surface area contributed by atoms with Gasteiger partial charge in [-0.25, -0.2) is 0 Å². The molecule has 0 bridgehead atoms. The first-order valence-electron chi connectivity index (χ1n) is 7.05. The molecule has 2 saturated heterocycles. The summed E-state index contributed by atoms with van der Waals surface area (Å²) in [5.74, 6) is 0. The standard InChI is InChI=1S/C13H22N4S/c1-10-4-3-7-17(10)12-5-8-16(9-6-12)13-15-14-11(2)18-13/h10,12H,3-9H2,1-2H3. The highest BCUT2D eigenvalue weighted by molar-refractivity contribution is 7.15. The Morgan fingerprint density at radius 2 is 1.89 bits per heavy atom. The maximum Gasteiger partial charge on any atom is 0.208 e. The Morgan fingerprint density at radius 3 is 2.44 bits per heavy atom. The minimum Gasteiger partial charge on any atom is -0.347 e. The van der Waals surface area contributed by atoms with Crippen LogP contribution < -0.4 is 4.90 Å². The van der Waals surface area contributed by atoms with Crippen LogP contribution in [0.5, 0.6) is 0 Å². The largest absolute Gasteiger partial charge is 0.347 e. The van der Waals surface area contributed by atoms with E-state index in [9.17, 15) is 0 Å². The minimum atomic E-state index is 0.797. The predicted molar refractivity (Wildman–Crippen MR) is 75.3 cm³/mol. The van der Waals surface area contributed by atoms with Gasteiger partial charge in [-0.3, -0.25) is 4.90 Å². The Balaban J connectivity index is 1.58. The lowest BCUT2D eigenvalue weighted by atomic mass is 10.0. The van der Waals surface area contributed by atoms with E-state index < -0.39 is 0 Å². The van der Waals surface area contributed by atoms with E-state index in [2.05, 4.69) is 26.9 Å². The van der Waals surface area contributed by atoms with E-state index in [1.807, 2.05) is 6.92 Å². The number of likely N-dealkylation sites (tertiary alicyclic amines) is 1. The fraction of sp³-hybridized carbons (Fsp3) is 0.846. The fourth-order valence-electron chi connectivity index (χ4n) is 3.30. The van der Waals surface area contributed by atoms with Crippen molar-refractivity contribution in [2.75, 3.05) is 24.5 Å². The first-order valence-corrected chi connectivity index (χ1v) is 7.86. The lowest BCUT2D eigenvalue weighted by Crippen LogP contribution is -2.46. The van der Waals surface area contributed by atoms with Gasteiger partial charge in [-0.05, 0) is 46.1 Å². The fourth-order valence-corrected chi connectivity index (χ4v) is 4.04. The van der Waals surface area contributed by atoms with Crippen LogP contribution >= 0.6 is 11.3 Å². The Morgan fingerprint density at radius 1 is 1.11 bits per heavy atom. The topological polar surface area (TPSA) is 32.3 Å². The zero-order valence-corrected chi connectivity index (χ0v) is 12.1. The summed E-state index contributed by atoms with van der Waals surface area (Å²) in [6.45, 7) is 8.00. The van der Waals surface area contributed by atoms with Crippen LogP contribution in [0.2, 0.25) is 0 Å². The molecule has 18 heavy (non-hydrogen) atoms. The number of rotatable bonds is 2. The molecule has 2 aliphatic heterocycles. The van der Waals surface area contributed by atoms with Gasteiger partial charge >= 0.3 is 0 Å². The molecule has 1 aromatic rings. The molecule has 2 fully saturated rings. The molecule has 1 aromatic heterocycles. The molecule has 2 aliphatic rings. The maximum atomic E-state index is 4.26. The number of aromatic nitrogens is 2. The second kappa shape index (κ2) is 5.13. The number of hydrogen-bond donors (Lipinski definition) is 0. The summed E-state index contributed by atoms with van der Waals surface area (Å²) in [4.78, 5) is 5.13. The SMILES string of the molecule is Cc1nnc(N2CCC(N3CCCC3C)CC2)s1. The monoisotopic (exact) mass is 266 g/mol. The van der Waals surface area contributed by atoms with Crippen LogP contribution in [0, 0.1) is 6.92 Å². The molecule has 4 nitrogen and oxygen atoms in total. The summed E-state index contributed by atoms with van der Waals surface area (Å²) < 4.78 is 0. The van der Waals surface area contributed by atoms with Crippen molar-refractivity contribution in [1.82, 2.24) is 15.1 Å². The summed E-state index contributed by atoms with van der Waals surface area (Å²) in [5.41, 5.74) is 0. The molecule has 0 radical (unpaired) electrons. The first-order chi connectivity index (χ1) is 8.74. The number of anilines is 1. The van der Waals surface area contributed by atoms with Crippen LogP contribution in [0.1, 0.15) is 37.6 Å². The van der Waals surface area contributed by atoms with Crippen molar-refractivity contribution >= 4 is 16.5 Å². The Labute approximate surface area is 113 Å². The molecule has 1 atom stereocenters. The Kier molecular flexibility index (Phi) is 3.52. The molecule has 5 heteroatoms. The quantitative estimate of drug-likeness (QED) is 0.822. The number of piperidine rings is 1. The number of aryl methyl sites for hydroxylation is 1. The van der Waals surface area contributed by atoms with Gasteiger partial charge in [0.2, 0.25) is 5.13 Å². The van der Waals surface area contributed by atoms with Gasteiger partial charge in [-0.2, -0.15) is 0 Å². The van der Waals surface area contributed by atoms with Crippen molar-refractivity contribution in [2.24, 2.45) is 0 Å². The second-order valence-corrected chi connectivity index (χ2v) is 6.71.